The van der Waals surface area contributed by atoms with Gasteiger partial charge in [-0.3, -0.25) is 9.59 Å². The van der Waals surface area contributed by atoms with Gasteiger partial charge in [0.05, 0.1) is 17.6 Å². The summed E-state index contributed by atoms with van der Waals surface area (Å²) in [6, 6.07) is 16.8. The van der Waals surface area contributed by atoms with E-state index >= 15 is 0 Å². The van der Waals surface area contributed by atoms with Crippen LogP contribution in [0.5, 0.6) is 0 Å². The van der Waals surface area contributed by atoms with Gasteiger partial charge in [-0.2, -0.15) is 0 Å². The van der Waals surface area contributed by atoms with Crippen LogP contribution in [0, 0.1) is 11.6 Å². The molecule has 0 atom stereocenters. The summed E-state index contributed by atoms with van der Waals surface area (Å²) in [5.74, 6) is -1.39. The van der Waals surface area contributed by atoms with E-state index in [2.05, 4.69) is 15.5 Å². The smallest absolute Gasteiger partial charge is 0.253 e. The first-order valence-corrected chi connectivity index (χ1v) is 9.73. The molecule has 0 saturated carbocycles. The van der Waals surface area contributed by atoms with Crippen molar-refractivity contribution in [3.63, 3.8) is 0 Å². The number of carbonyl (C=O) groups excluding carboxylic acids is 1. The van der Waals surface area contributed by atoms with Crippen molar-refractivity contribution >= 4 is 27.7 Å². The molecule has 1 amide bonds. The monoisotopic (exact) mass is 431 g/mol. The van der Waals surface area contributed by atoms with E-state index in [0.717, 1.165) is 23.8 Å². The van der Waals surface area contributed by atoms with Crippen LogP contribution in [0.1, 0.15) is 16.1 Å². The number of rotatable bonds is 4. The number of fused-ring (bicyclic) bond motifs is 2. The number of amides is 1. The molecule has 0 unspecified atom stereocenters. The molecular formula is C24H15F2N3O3. The van der Waals surface area contributed by atoms with Crippen LogP contribution in [0.2, 0.25) is 0 Å². The van der Waals surface area contributed by atoms with Crippen molar-refractivity contribution in [1.82, 2.24) is 15.5 Å². The van der Waals surface area contributed by atoms with Gasteiger partial charge in [-0.25, -0.2) is 8.78 Å². The van der Waals surface area contributed by atoms with Gasteiger partial charge < -0.3 is 14.8 Å². The van der Waals surface area contributed by atoms with Crippen molar-refractivity contribution in [3.05, 3.63) is 99.8 Å². The van der Waals surface area contributed by atoms with Crippen molar-refractivity contribution in [3.8, 4) is 11.3 Å². The molecule has 32 heavy (non-hydrogen) atoms. The van der Waals surface area contributed by atoms with Crippen LogP contribution in [0.25, 0.3) is 33.1 Å². The van der Waals surface area contributed by atoms with Crippen LogP contribution >= 0.6 is 0 Å². The van der Waals surface area contributed by atoms with Crippen LogP contribution in [0.15, 0.2) is 76.0 Å². The number of pyridine rings is 1. The average Bonchev–Trinajstić information content (AvgIpc) is 3.28. The zero-order valence-electron chi connectivity index (χ0n) is 16.5. The third kappa shape index (κ3) is 3.51. The molecule has 2 N–H and O–H groups in total. The molecule has 2 heterocycles. The van der Waals surface area contributed by atoms with E-state index in [1.165, 1.54) is 12.1 Å². The number of benzene rings is 3. The lowest BCUT2D eigenvalue weighted by Crippen LogP contribution is -2.24. The molecular weight excluding hydrogens is 416 g/mol. The molecule has 8 heteroatoms. The predicted molar refractivity (Wildman–Crippen MR) is 115 cm³/mol. The molecule has 0 spiro atoms. The minimum atomic E-state index is -0.753. The highest BCUT2D eigenvalue weighted by molar-refractivity contribution is 6.07. The Morgan fingerprint density at radius 2 is 1.75 bits per heavy atom. The summed E-state index contributed by atoms with van der Waals surface area (Å²) in [5.41, 5.74) is 1.22. The Morgan fingerprint density at radius 3 is 2.56 bits per heavy atom. The van der Waals surface area contributed by atoms with Crippen molar-refractivity contribution in [1.29, 1.82) is 0 Å². The molecule has 0 aliphatic rings. The normalized spacial score (nSPS) is 11.2. The van der Waals surface area contributed by atoms with Crippen LogP contribution in [-0.2, 0) is 6.54 Å². The van der Waals surface area contributed by atoms with Gasteiger partial charge in [0, 0.05) is 27.9 Å². The lowest BCUT2D eigenvalue weighted by atomic mass is 10.1. The Morgan fingerprint density at radius 1 is 0.969 bits per heavy atom. The summed E-state index contributed by atoms with van der Waals surface area (Å²) in [7, 11) is 0. The predicted octanol–water partition coefficient (Wildman–Crippen LogP) is 4.54. The summed E-state index contributed by atoms with van der Waals surface area (Å²) in [6.07, 6.45) is 0. The third-order valence-corrected chi connectivity index (χ3v) is 5.13. The Balaban J connectivity index is 1.47. The van der Waals surface area contributed by atoms with Gasteiger partial charge in [-0.05, 0) is 30.3 Å². The second kappa shape index (κ2) is 7.73. The van der Waals surface area contributed by atoms with E-state index in [9.17, 15) is 18.4 Å². The molecule has 0 radical (unpaired) electrons. The van der Waals surface area contributed by atoms with Crippen LogP contribution in [-0.4, -0.2) is 16.0 Å². The van der Waals surface area contributed by atoms with E-state index in [4.69, 9.17) is 4.52 Å². The summed E-state index contributed by atoms with van der Waals surface area (Å²) in [6.45, 7) is 0.0379. The topological polar surface area (TPSA) is 88.0 Å². The number of carbonyl (C=O) groups is 1. The van der Waals surface area contributed by atoms with Crippen LogP contribution < -0.4 is 10.7 Å². The maximum absolute atomic E-state index is 14.2. The molecule has 0 fully saturated rings. The van der Waals surface area contributed by atoms with Gasteiger partial charge in [0.1, 0.15) is 17.3 Å². The Hall–Kier alpha value is -4.33. The minimum absolute atomic E-state index is 0.0379. The van der Waals surface area contributed by atoms with Gasteiger partial charge in [-0.15, -0.1) is 0 Å². The SMILES string of the molecule is O=C(NCc1cc(-c2ccccc2)on1)c1cc(F)cc2c(=O)c3cc(F)ccc3[nH]c12. The van der Waals surface area contributed by atoms with Crippen molar-refractivity contribution in [2.45, 2.75) is 6.54 Å². The van der Waals surface area contributed by atoms with Crippen molar-refractivity contribution in [2.75, 3.05) is 0 Å². The Labute approximate surface area is 179 Å². The number of halogens is 2. The zero-order chi connectivity index (χ0) is 22.2. The highest BCUT2D eigenvalue weighted by atomic mass is 19.1. The number of nitrogens with zero attached hydrogens (tertiary/aromatic N) is 1. The first-order chi connectivity index (χ1) is 15.5. The number of aromatic nitrogens is 2. The lowest BCUT2D eigenvalue weighted by molar-refractivity contribution is 0.0951. The third-order valence-electron chi connectivity index (χ3n) is 5.13. The standard InChI is InChI=1S/C24H15F2N3O3/c25-14-6-7-20-17(8-14)23(30)18-9-15(26)10-19(22(18)28-20)24(31)27-12-16-11-21(32-29-16)13-4-2-1-3-5-13/h1-11H,12H2,(H,27,31)(H,28,30). The van der Waals surface area contributed by atoms with Crippen LogP contribution in [0.4, 0.5) is 8.78 Å². The summed E-state index contributed by atoms with van der Waals surface area (Å²) in [4.78, 5) is 28.6. The van der Waals surface area contributed by atoms with E-state index in [0.29, 0.717) is 17.0 Å². The van der Waals surface area contributed by atoms with E-state index < -0.39 is 23.0 Å². The van der Waals surface area contributed by atoms with E-state index in [1.54, 1.807) is 6.07 Å². The maximum Gasteiger partial charge on any atom is 0.253 e. The maximum atomic E-state index is 14.2. The lowest BCUT2D eigenvalue weighted by Gasteiger charge is -2.09. The van der Waals surface area contributed by atoms with Gasteiger partial charge in [0.25, 0.3) is 5.91 Å². The fourth-order valence-corrected chi connectivity index (χ4v) is 3.59. The highest BCUT2D eigenvalue weighted by Gasteiger charge is 2.17. The number of hydrogen-bond acceptors (Lipinski definition) is 4. The summed E-state index contributed by atoms with van der Waals surface area (Å²) >= 11 is 0. The highest BCUT2D eigenvalue weighted by Crippen LogP contribution is 2.22. The number of H-pyrrole nitrogens is 1. The molecule has 3 aromatic carbocycles. The largest absolute Gasteiger partial charge is 0.356 e. The average molecular weight is 431 g/mol. The molecule has 158 valence electrons. The van der Waals surface area contributed by atoms with Gasteiger partial charge >= 0.3 is 0 Å². The molecule has 0 saturated heterocycles. The molecule has 5 aromatic rings. The second-order valence-corrected chi connectivity index (χ2v) is 7.25. The number of aromatic amines is 1. The number of hydrogen-bond donors (Lipinski definition) is 2. The quantitative estimate of drug-likeness (QED) is 0.409. The van der Waals surface area contributed by atoms with E-state index in [-0.39, 0.29) is 28.4 Å². The molecule has 6 nitrogen and oxygen atoms in total. The first-order valence-electron chi connectivity index (χ1n) is 9.73. The number of nitrogens with one attached hydrogen (secondary N) is 2. The molecule has 0 aliphatic carbocycles. The van der Waals surface area contributed by atoms with Gasteiger partial charge in [0.2, 0.25) is 0 Å². The summed E-state index contributed by atoms with van der Waals surface area (Å²) < 4.78 is 33.1. The molecule has 2 aromatic heterocycles. The first kappa shape index (κ1) is 19.6. The second-order valence-electron chi connectivity index (χ2n) is 7.25. The van der Waals surface area contributed by atoms with Crippen molar-refractivity contribution in [2.24, 2.45) is 0 Å². The fraction of sp³-hybridized carbons (Fsp3) is 0.0417. The van der Waals surface area contributed by atoms with Gasteiger partial charge in [0.15, 0.2) is 11.2 Å². The Kier molecular flexibility index (Phi) is 4.74. The van der Waals surface area contributed by atoms with E-state index in [1.807, 2.05) is 30.3 Å². The zero-order valence-corrected chi connectivity index (χ0v) is 16.5. The fourth-order valence-electron chi connectivity index (χ4n) is 3.59. The van der Waals surface area contributed by atoms with Gasteiger partial charge in [-0.1, -0.05) is 35.5 Å². The van der Waals surface area contributed by atoms with Crippen molar-refractivity contribution < 1.29 is 18.1 Å². The minimum Gasteiger partial charge on any atom is -0.356 e. The molecule has 0 bridgehead atoms. The molecule has 0 aliphatic heterocycles. The van der Waals surface area contributed by atoms with Crippen LogP contribution in [0.3, 0.4) is 0 Å². The Bertz CT molecular complexity index is 1540. The molecule has 5 rings (SSSR count). The summed E-state index contributed by atoms with van der Waals surface area (Å²) in [5, 5.41) is 6.64.